The van der Waals surface area contributed by atoms with Crippen LogP contribution in [-0.4, -0.2) is 25.7 Å². The summed E-state index contributed by atoms with van der Waals surface area (Å²) in [6.45, 7) is 1.91. The highest BCUT2D eigenvalue weighted by atomic mass is 32.2. The lowest BCUT2D eigenvalue weighted by Gasteiger charge is -2.08. The van der Waals surface area contributed by atoms with Crippen molar-refractivity contribution in [2.45, 2.75) is 6.92 Å². The van der Waals surface area contributed by atoms with Crippen LogP contribution in [0, 0.1) is 6.92 Å². The number of sulfonamides is 1. The zero-order valence-corrected chi connectivity index (χ0v) is 8.71. The fraction of sp³-hybridized carbons (Fsp3) is 0.375. The van der Waals surface area contributed by atoms with Crippen LogP contribution in [0.1, 0.15) is 5.56 Å². The van der Waals surface area contributed by atoms with Gasteiger partial charge >= 0.3 is 0 Å². The average Bonchev–Trinajstić information content (AvgIpc) is 2.08. The molecule has 0 radical (unpaired) electrons. The van der Waals surface area contributed by atoms with Crippen LogP contribution in [0.2, 0.25) is 0 Å². The van der Waals surface area contributed by atoms with Gasteiger partial charge in [0.15, 0.2) is 0 Å². The SMILES string of the molecule is Cc1ccncc1NS(=O)(=O)CCN. The van der Waals surface area contributed by atoms with E-state index in [2.05, 4.69) is 9.71 Å². The number of rotatable bonds is 4. The van der Waals surface area contributed by atoms with Gasteiger partial charge in [-0.25, -0.2) is 8.42 Å². The Labute approximate surface area is 83.4 Å². The highest BCUT2D eigenvalue weighted by Crippen LogP contribution is 2.12. The molecule has 0 bridgehead atoms. The predicted molar refractivity (Wildman–Crippen MR) is 55.4 cm³/mol. The van der Waals surface area contributed by atoms with Crippen molar-refractivity contribution in [2.75, 3.05) is 17.0 Å². The summed E-state index contributed by atoms with van der Waals surface area (Å²) < 4.78 is 25.1. The van der Waals surface area contributed by atoms with Gasteiger partial charge in [0.2, 0.25) is 10.0 Å². The van der Waals surface area contributed by atoms with Crippen LogP contribution in [-0.2, 0) is 10.0 Å². The molecule has 0 unspecified atom stereocenters. The van der Waals surface area contributed by atoms with E-state index in [4.69, 9.17) is 5.73 Å². The summed E-state index contributed by atoms with van der Waals surface area (Å²) in [5.41, 5.74) is 6.51. The Morgan fingerprint density at radius 1 is 1.57 bits per heavy atom. The molecular formula is C8H13N3O2S. The number of aryl methyl sites for hydroxylation is 1. The highest BCUT2D eigenvalue weighted by Gasteiger charge is 2.09. The van der Waals surface area contributed by atoms with E-state index in [0.717, 1.165) is 5.56 Å². The van der Waals surface area contributed by atoms with Gasteiger partial charge in [0.1, 0.15) is 0 Å². The van der Waals surface area contributed by atoms with Crippen molar-refractivity contribution in [3.05, 3.63) is 24.0 Å². The number of nitrogens with zero attached hydrogens (tertiary/aromatic N) is 1. The molecule has 0 amide bonds. The van der Waals surface area contributed by atoms with Gasteiger partial charge in [-0.05, 0) is 18.6 Å². The van der Waals surface area contributed by atoms with E-state index in [0.29, 0.717) is 5.69 Å². The molecule has 78 valence electrons. The van der Waals surface area contributed by atoms with Crippen LogP contribution in [0.5, 0.6) is 0 Å². The number of nitrogens with one attached hydrogen (secondary N) is 1. The monoisotopic (exact) mass is 215 g/mol. The predicted octanol–water partition coefficient (Wildman–Crippen LogP) is 0.0904. The lowest BCUT2D eigenvalue weighted by Crippen LogP contribution is -2.22. The third kappa shape index (κ3) is 2.97. The van der Waals surface area contributed by atoms with Gasteiger partial charge in [-0.3, -0.25) is 9.71 Å². The van der Waals surface area contributed by atoms with Crippen molar-refractivity contribution >= 4 is 15.7 Å². The lowest BCUT2D eigenvalue weighted by molar-refractivity contribution is 0.601. The molecule has 1 rings (SSSR count). The maximum atomic E-state index is 11.3. The Morgan fingerprint density at radius 3 is 2.86 bits per heavy atom. The lowest BCUT2D eigenvalue weighted by atomic mass is 10.3. The normalized spacial score (nSPS) is 11.3. The molecule has 0 saturated carbocycles. The Kier molecular flexibility index (Phi) is 3.43. The van der Waals surface area contributed by atoms with Crippen molar-refractivity contribution in [1.82, 2.24) is 4.98 Å². The minimum atomic E-state index is -3.32. The zero-order chi connectivity index (χ0) is 10.6. The molecule has 1 aromatic rings. The van der Waals surface area contributed by atoms with Gasteiger partial charge in [-0.15, -0.1) is 0 Å². The number of nitrogens with two attached hydrogens (primary N) is 1. The van der Waals surface area contributed by atoms with Gasteiger partial charge in [0.25, 0.3) is 0 Å². The van der Waals surface area contributed by atoms with Crippen LogP contribution >= 0.6 is 0 Å². The second-order valence-corrected chi connectivity index (χ2v) is 4.74. The molecule has 0 saturated heterocycles. The van der Waals surface area contributed by atoms with Crippen LogP contribution in [0.4, 0.5) is 5.69 Å². The summed E-state index contributed by atoms with van der Waals surface area (Å²) >= 11 is 0. The van der Waals surface area contributed by atoms with E-state index in [1.54, 1.807) is 12.3 Å². The second kappa shape index (κ2) is 4.39. The molecule has 3 N–H and O–H groups in total. The van der Waals surface area contributed by atoms with Gasteiger partial charge in [-0.1, -0.05) is 0 Å². The topological polar surface area (TPSA) is 85.1 Å². The van der Waals surface area contributed by atoms with E-state index < -0.39 is 10.0 Å². The Balaban J connectivity index is 2.84. The smallest absolute Gasteiger partial charge is 0.234 e. The molecule has 1 heterocycles. The van der Waals surface area contributed by atoms with Gasteiger partial charge in [0, 0.05) is 12.7 Å². The molecule has 6 heteroatoms. The second-order valence-electron chi connectivity index (χ2n) is 2.90. The van der Waals surface area contributed by atoms with Crippen molar-refractivity contribution in [3.8, 4) is 0 Å². The minimum Gasteiger partial charge on any atom is -0.329 e. The first-order chi connectivity index (χ1) is 6.55. The van der Waals surface area contributed by atoms with E-state index in [-0.39, 0.29) is 12.3 Å². The third-order valence-electron chi connectivity index (χ3n) is 1.69. The number of aromatic nitrogens is 1. The van der Waals surface area contributed by atoms with Crippen molar-refractivity contribution < 1.29 is 8.42 Å². The first-order valence-corrected chi connectivity index (χ1v) is 5.81. The summed E-state index contributed by atoms with van der Waals surface area (Å²) in [4.78, 5) is 3.83. The van der Waals surface area contributed by atoms with E-state index in [1.165, 1.54) is 6.20 Å². The Morgan fingerprint density at radius 2 is 2.29 bits per heavy atom. The van der Waals surface area contributed by atoms with Crippen molar-refractivity contribution in [1.29, 1.82) is 0 Å². The summed E-state index contributed by atoms with van der Waals surface area (Å²) in [5.74, 6) is -0.0820. The Bertz CT molecular complexity index is 403. The number of anilines is 1. The molecule has 0 atom stereocenters. The molecule has 0 aromatic carbocycles. The molecular weight excluding hydrogens is 202 g/mol. The number of hydrogen-bond donors (Lipinski definition) is 2. The molecule has 0 fully saturated rings. The van der Waals surface area contributed by atoms with Gasteiger partial charge < -0.3 is 5.73 Å². The average molecular weight is 215 g/mol. The molecule has 0 aliphatic carbocycles. The van der Waals surface area contributed by atoms with Crippen LogP contribution in [0.15, 0.2) is 18.5 Å². The van der Waals surface area contributed by atoms with Crippen molar-refractivity contribution in [2.24, 2.45) is 5.73 Å². The summed E-state index contributed by atoms with van der Waals surface area (Å²) in [5, 5.41) is 0. The van der Waals surface area contributed by atoms with Crippen LogP contribution in [0.25, 0.3) is 0 Å². The quantitative estimate of drug-likeness (QED) is 0.745. The summed E-state index contributed by atoms with van der Waals surface area (Å²) in [6, 6.07) is 1.74. The molecule has 0 aliphatic heterocycles. The van der Waals surface area contributed by atoms with Crippen LogP contribution in [0.3, 0.4) is 0 Å². The summed E-state index contributed by atoms with van der Waals surface area (Å²) in [6.07, 6.45) is 3.08. The molecule has 0 aliphatic rings. The van der Waals surface area contributed by atoms with Crippen LogP contribution < -0.4 is 10.5 Å². The molecule has 5 nitrogen and oxygen atoms in total. The third-order valence-corrected chi connectivity index (χ3v) is 3.00. The molecule has 0 spiro atoms. The van der Waals surface area contributed by atoms with Gasteiger partial charge in [0.05, 0.1) is 17.6 Å². The van der Waals surface area contributed by atoms with E-state index in [1.807, 2.05) is 6.92 Å². The summed E-state index contributed by atoms with van der Waals surface area (Å²) in [7, 11) is -3.32. The minimum absolute atomic E-state index is 0.0820. The van der Waals surface area contributed by atoms with Gasteiger partial charge in [-0.2, -0.15) is 0 Å². The first-order valence-electron chi connectivity index (χ1n) is 4.16. The highest BCUT2D eigenvalue weighted by molar-refractivity contribution is 7.92. The van der Waals surface area contributed by atoms with E-state index in [9.17, 15) is 8.42 Å². The van der Waals surface area contributed by atoms with E-state index >= 15 is 0 Å². The zero-order valence-electron chi connectivity index (χ0n) is 7.90. The molecule has 1 aromatic heterocycles. The Hall–Kier alpha value is -1.14. The number of pyridine rings is 1. The fourth-order valence-electron chi connectivity index (χ4n) is 0.945. The molecule has 14 heavy (non-hydrogen) atoms. The maximum Gasteiger partial charge on any atom is 0.234 e. The first kappa shape index (κ1) is 10.9. The largest absolute Gasteiger partial charge is 0.329 e. The fourth-order valence-corrected chi connectivity index (χ4v) is 1.91. The maximum absolute atomic E-state index is 11.3. The number of hydrogen-bond acceptors (Lipinski definition) is 4. The standard InChI is InChI=1S/C8H13N3O2S/c1-7-2-4-10-6-8(7)11-14(12,13)5-3-9/h2,4,6,11H,3,5,9H2,1H3. The van der Waals surface area contributed by atoms with Crippen molar-refractivity contribution in [3.63, 3.8) is 0 Å².